The molecule has 0 heterocycles. The molecule has 0 aliphatic heterocycles. The van der Waals surface area contributed by atoms with Crippen LogP contribution in [-0.2, 0) is 4.79 Å². The minimum Gasteiger partial charge on any atom is -0.390 e. The Morgan fingerprint density at radius 1 is 1.80 bits per heavy atom. The van der Waals surface area contributed by atoms with Crippen molar-refractivity contribution in [1.29, 1.82) is 0 Å². The summed E-state index contributed by atoms with van der Waals surface area (Å²) in [5.74, 6) is 0. The molecular weight excluding hydrogens is 68.0 g/mol. The standard InChI is InChI=1S/C3H5O2/c4-2-1-3-5/h2-4H,1H2. The maximum absolute atomic E-state index is 9.21. The summed E-state index contributed by atoms with van der Waals surface area (Å²) in [6.45, 7) is 0.812. The van der Waals surface area contributed by atoms with Gasteiger partial charge in [-0.3, -0.25) is 0 Å². The van der Waals surface area contributed by atoms with Gasteiger partial charge in [0, 0.05) is 6.42 Å². The maximum Gasteiger partial charge on any atom is 0.122 e. The molecule has 29 valence electrons. The quantitative estimate of drug-likeness (QED) is 0.471. The van der Waals surface area contributed by atoms with Crippen LogP contribution in [0.25, 0.3) is 0 Å². The van der Waals surface area contributed by atoms with Gasteiger partial charge in [0.05, 0.1) is 6.61 Å². The molecule has 2 nitrogen and oxygen atoms in total. The van der Waals surface area contributed by atoms with Gasteiger partial charge in [-0.15, -0.1) is 0 Å². The third kappa shape index (κ3) is 3.63. The fourth-order valence-corrected chi connectivity index (χ4v) is 0.0430. The van der Waals surface area contributed by atoms with Crippen LogP contribution in [0.3, 0.4) is 0 Å². The van der Waals surface area contributed by atoms with Gasteiger partial charge in [-0.25, -0.2) is 0 Å². The van der Waals surface area contributed by atoms with E-state index in [4.69, 9.17) is 5.11 Å². The first-order valence-electron chi connectivity index (χ1n) is 1.31. The molecule has 0 amide bonds. The lowest BCUT2D eigenvalue weighted by molar-refractivity contribution is -0.107. The summed E-state index contributed by atoms with van der Waals surface area (Å²) >= 11 is 0. The second-order valence-electron chi connectivity index (χ2n) is 0.585. The topological polar surface area (TPSA) is 37.3 Å². The molecule has 5 heavy (non-hydrogen) atoms. The van der Waals surface area contributed by atoms with Crippen molar-refractivity contribution in [3.8, 4) is 0 Å². The van der Waals surface area contributed by atoms with Crippen LogP contribution in [-0.4, -0.2) is 11.4 Å². The molecule has 0 bridgehead atoms. The summed E-state index contributed by atoms with van der Waals surface area (Å²) in [5, 5.41) is 7.71. The molecule has 2 heteroatoms. The highest BCUT2D eigenvalue weighted by Crippen LogP contribution is 1.67. The Labute approximate surface area is 30.4 Å². The van der Waals surface area contributed by atoms with Crippen LogP contribution in [0.15, 0.2) is 0 Å². The summed E-state index contributed by atoms with van der Waals surface area (Å²) in [6, 6.07) is 0. The fourth-order valence-electron chi connectivity index (χ4n) is 0.0430. The Balaban J connectivity index is 2.40. The van der Waals surface area contributed by atoms with Gasteiger partial charge in [0.1, 0.15) is 6.29 Å². The predicted octanol–water partition coefficient (Wildman–Crippen LogP) is 0.110. The molecule has 0 aromatic heterocycles. The molecule has 0 aromatic carbocycles. The highest BCUT2D eigenvalue weighted by Gasteiger charge is 1.69. The van der Waals surface area contributed by atoms with Crippen molar-refractivity contribution >= 4 is 6.29 Å². The molecule has 1 N–H and O–H groups in total. The van der Waals surface area contributed by atoms with Crippen LogP contribution < -0.4 is 0 Å². The van der Waals surface area contributed by atoms with Crippen molar-refractivity contribution in [2.45, 2.75) is 6.42 Å². The Morgan fingerprint density at radius 2 is 2.40 bits per heavy atom. The third-order valence-corrected chi connectivity index (χ3v) is 0.202. The van der Waals surface area contributed by atoms with E-state index in [-0.39, 0.29) is 6.42 Å². The van der Waals surface area contributed by atoms with Gasteiger partial charge in [0.25, 0.3) is 0 Å². The number of aldehydes is 1. The van der Waals surface area contributed by atoms with E-state index >= 15 is 0 Å². The van der Waals surface area contributed by atoms with Crippen molar-refractivity contribution in [2.75, 3.05) is 0 Å². The van der Waals surface area contributed by atoms with Gasteiger partial charge >= 0.3 is 0 Å². The molecule has 0 spiro atoms. The van der Waals surface area contributed by atoms with E-state index in [1.807, 2.05) is 0 Å². The van der Waals surface area contributed by atoms with E-state index < -0.39 is 0 Å². The Morgan fingerprint density at radius 3 is 2.40 bits per heavy atom. The number of rotatable bonds is 2. The van der Waals surface area contributed by atoms with Gasteiger partial charge < -0.3 is 9.90 Å². The average Bonchev–Trinajstić information content (AvgIpc) is 1.41. The normalized spacial score (nSPS) is 7.40. The lowest BCUT2D eigenvalue weighted by Crippen LogP contribution is -1.70. The van der Waals surface area contributed by atoms with Crippen LogP contribution in [0.5, 0.6) is 0 Å². The van der Waals surface area contributed by atoms with Crippen molar-refractivity contribution in [3.63, 3.8) is 0 Å². The number of carbonyl (C=O) groups excluding carboxylic acids is 1. The zero-order valence-electron chi connectivity index (χ0n) is 2.72. The van der Waals surface area contributed by atoms with Gasteiger partial charge in [0.15, 0.2) is 0 Å². The van der Waals surface area contributed by atoms with Gasteiger partial charge in [-0.2, -0.15) is 0 Å². The molecular formula is C3H5O2. The van der Waals surface area contributed by atoms with Crippen LogP contribution in [0.1, 0.15) is 6.42 Å². The van der Waals surface area contributed by atoms with Crippen molar-refractivity contribution in [3.05, 3.63) is 6.61 Å². The lowest BCUT2D eigenvalue weighted by atomic mass is 10.5. The van der Waals surface area contributed by atoms with Crippen molar-refractivity contribution < 1.29 is 9.90 Å². The van der Waals surface area contributed by atoms with E-state index in [2.05, 4.69) is 0 Å². The molecule has 0 atom stereocenters. The summed E-state index contributed by atoms with van der Waals surface area (Å²) in [4.78, 5) is 9.21. The smallest absolute Gasteiger partial charge is 0.122 e. The Bertz CT molecular complexity index is 26.1. The monoisotopic (exact) mass is 73.0 g/mol. The largest absolute Gasteiger partial charge is 0.390 e. The second kappa shape index (κ2) is 3.63. The molecule has 0 fully saturated rings. The zero-order valence-corrected chi connectivity index (χ0v) is 2.72. The van der Waals surface area contributed by atoms with E-state index in [1.165, 1.54) is 0 Å². The summed E-state index contributed by atoms with van der Waals surface area (Å²) in [6.07, 6.45) is 0.764. The summed E-state index contributed by atoms with van der Waals surface area (Å²) < 4.78 is 0. The predicted molar refractivity (Wildman–Crippen MR) is 16.9 cm³/mol. The molecule has 0 aromatic rings. The van der Waals surface area contributed by atoms with E-state index in [0.29, 0.717) is 6.29 Å². The molecule has 1 radical (unpaired) electrons. The highest BCUT2D eigenvalue weighted by atomic mass is 16.3. The average molecular weight is 73.1 g/mol. The highest BCUT2D eigenvalue weighted by molar-refractivity contribution is 5.50. The molecule has 0 aliphatic carbocycles. The van der Waals surface area contributed by atoms with E-state index in [1.54, 1.807) is 0 Å². The molecule has 0 saturated carbocycles. The van der Waals surface area contributed by atoms with Crippen molar-refractivity contribution in [2.24, 2.45) is 0 Å². The summed E-state index contributed by atoms with van der Waals surface area (Å²) in [7, 11) is 0. The first-order valence-corrected chi connectivity index (χ1v) is 1.31. The number of aliphatic hydroxyl groups excluding tert-OH is 1. The number of hydrogen-bond donors (Lipinski definition) is 1. The lowest BCUT2D eigenvalue weighted by Gasteiger charge is -1.68. The van der Waals surface area contributed by atoms with Crippen molar-refractivity contribution in [1.82, 2.24) is 0 Å². The van der Waals surface area contributed by atoms with Crippen LogP contribution >= 0.6 is 0 Å². The first kappa shape index (κ1) is 4.63. The Hall–Kier alpha value is -0.370. The third-order valence-electron chi connectivity index (χ3n) is 0.202. The van der Waals surface area contributed by atoms with Crippen LogP contribution in [0, 0.1) is 6.61 Å². The summed E-state index contributed by atoms with van der Waals surface area (Å²) in [5.41, 5.74) is 0. The number of aliphatic hydroxyl groups is 1. The van der Waals surface area contributed by atoms with Gasteiger partial charge in [-0.1, -0.05) is 0 Å². The van der Waals surface area contributed by atoms with Crippen LogP contribution in [0.2, 0.25) is 0 Å². The van der Waals surface area contributed by atoms with Gasteiger partial charge in [-0.05, 0) is 0 Å². The maximum atomic E-state index is 9.21. The molecule has 0 unspecified atom stereocenters. The van der Waals surface area contributed by atoms with Crippen LogP contribution in [0.4, 0.5) is 0 Å². The first-order chi connectivity index (χ1) is 2.41. The molecule has 0 rings (SSSR count). The number of hydrogen-bond acceptors (Lipinski definition) is 2. The van der Waals surface area contributed by atoms with E-state index in [9.17, 15) is 4.79 Å². The zero-order chi connectivity index (χ0) is 4.12. The van der Waals surface area contributed by atoms with E-state index in [0.717, 1.165) is 6.61 Å². The fraction of sp³-hybridized carbons (Fsp3) is 0.333. The minimum absolute atomic E-state index is 0.139. The molecule has 0 aliphatic rings. The molecule has 0 saturated heterocycles. The minimum atomic E-state index is 0.139. The number of carbonyl (C=O) groups is 1. The van der Waals surface area contributed by atoms with Gasteiger partial charge in [0.2, 0.25) is 0 Å². The SMILES string of the molecule is O=CC[CH]O. The Kier molecular flexibility index (Phi) is 3.36. The second-order valence-corrected chi connectivity index (χ2v) is 0.585.